The first-order valence-electron chi connectivity index (χ1n) is 11.1. The minimum atomic E-state index is -1.04. The van der Waals surface area contributed by atoms with Crippen LogP contribution in [0.3, 0.4) is 0 Å². The van der Waals surface area contributed by atoms with Crippen LogP contribution in [0, 0.1) is 0 Å². The minimum absolute atomic E-state index is 0.0311. The van der Waals surface area contributed by atoms with Crippen LogP contribution in [0.1, 0.15) is 32.7 Å². The molecule has 1 unspecified atom stereocenters. The van der Waals surface area contributed by atoms with Crippen molar-refractivity contribution in [3.05, 3.63) is 94.5 Å². The van der Waals surface area contributed by atoms with E-state index in [1.54, 1.807) is 48.5 Å². The van der Waals surface area contributed by atoms with Gasteiger partial charge in [0.25, 0.3) is 11.8 Å². The van der Waals surface area contributed by atoms with E-state index < -0.39 is 29.7 Å². The summed E-state index contributed by atoms with van der Waals surface area (Å²) in [5, 5.41) is 0.442. The van der Waals surface area contributed by atoms with Gasteiger partial charge in [-0.15, -0.1) is 0 Å². The number of benzene rings is 3. The highest BCUT2D eigenvalue weighted by Gasteiger charge is 2.44. The van der Waals surface area contributed by atoms with Crippen molar-refractivity contribution >= 4 is 41.0 Å². The Hall–Kier alpha value is -4.17. The molecule has 3 aromatic rings. The molecule has 0 saturated carbocycles. The lowest BCUT2D eigenvalue weighted by atomic mass is 10.1. The van der Waals surface area contributed by atoms with Crippen LogP contribution in [0.5, 0.6) is 5.75 Å². The van der Waals surface area contributed by atoms with Gasteiger partial charge in [-0.1, -0.05) is 29.8 Å². The molecular formula is C27H23ClN2O6. The third-order valence-electron chi connectivity index (χ3n) is 5.94. The number of anilines is 1. The quantitative estimate of drug-likeness (QED) is 0.353. The Balaban J connectivity index is 1.67. The molecule has 0 radical (unpaired) electrons. The molecule has 1 aliphatic rings. The van der Waals surface area contributed by atoms with Crippen molar-refractivity contribution in [2.24, 2.45) is 0 Å². The number of halogens is 1. The van der Waals surface area contributed by atoms with E-state index in [2.05, 4.69) is 0 Å². The topological polar surface area (TPSA) is 93.2 Å². The van der Waals surface area contributed by atoms with Crippen molar-refractivity contribution in [1.29, 1.82) is 0 Å². The van der Waals surface area contributed by atoms with E-state index in [1.807, 2.05) is 0 Å². The highest BCUT2D eigenvalue weighted by atomic mass is 35.5. The van der Waals surface area contributed by atoms with E-state index in [1.165, 1.54) is 43.4 Å². The zero-order valence-corrected chi connectivity index (χ0v) is 20.4. The van der Waals surface area contributed by atoms with E-state index >= 15 is 0 Å². The van der Waals surface area contributed by atoms with Crippen LogP contribution in [-0.2, 0) is 20.9 Å². The molecule has 1 saturated heterocycles. The summed E-state index contributed by atoms with van der Waals surface area (Å²) in [6.45, 7) is 0.0311. The first kappa shape index (κ1) is 24.9. The maximum atomic E-state index is 13.6. The van der Waals surface area contributed by atoms with Gasteiger partial charge in [-0.05, 0) is 60.2 Å². The summed E-state index contributed by atoms with van der Waals surface area (Å²) < 4.78 is 9.86. The van der Waals surface area contributed by atoms with Gasteiger partial charge in [0, 0.05) is 17.1 Å². The fourth-order valence-corrected chi connectivity index (χ4v) is 4.22. The lowest BCUT2D eigenvalue weighted by Gasteiger charge is -2.28. The molecule has 0 aromatic heterocycles. The number of methoxy groups -OCH3 is 2. The Labute approximate surface area is 213 Å². The molecular weight excluding hydrogens is 484 g/mol. The van der Waals surface area contributed by atoms with Crippen molar-refractivity contribution in [2.45, 2.75) is 19.0 Å². The van der Waals surface area contributed by atoms with Gasteiger partial charge in [-0.25, -0.2) is 9.69 Å². The highest BCUT2D eigenvalue weighted by Crippen LogP contribution is 2.29. The molecule has 36 heavy (non-hydrogen) atoms. The highest BCUT2D eigenvalue weighted by molar-refractivity contribution is 6.31. The molecule has 4 rings (SSSR count). The van der Waals surface area contributed by atoms with Crippen molar-refractivity contribution in [1.82, 2.24) is 4.90 Å². The van der Waals surface area contributed by atoms with Gasteiger partial charge in [-0.2, -0.15) is 0 Å². The van der Waals surface area contributed by atoms with Crippen molar-refractivity contribution in [3.8, 4) is 5.75 Å². The largest absolute Gasteiger partial charge is 0.497 e. The van der Waals surface area contributed by atoms with Crippen molar-refractivity contribution in [3.63, 3.8) is 0 Å². The maximum absolute atomic E-state index is 13.6. The van der Waals surface area contributed by atoms with Gasteiger partial charge in [0.1, 0.15) is 11.8 Å². The molecule has 0 N–H and O–H groups in total. The molecule has 1 heterocycles. The number of ether oxygens (including phenoxy) is 2. The number of hydrogen-bond donors (Lipinski definition) is 0. The SMILES string of the molecule is COC(=O)c1ccc(N2C(=O)CC(N(Cc3ccccc3Cl)C(=O)c3ccc(OC)cc3)C2=O)cc1. The van der Waals surface area contributed by atoms with E-state index in [0.29, 0.717) is 27.6 Å². The van der Waals surface area contributed by atoms with Crippen LogP contribution in [0.25, 0.3) is 0 Å². The van der Waals surface area contributed by atoms with Crippen molar-refractivity contribution in [2.75, 3.05) is 19.1 Å². The zero-order valence-electron chi connectivity index (χ0n) is 19.6. The molecule has 1 atom stereocenters. The lowest BCUT2D eigenvalue weighted by molar-refractivity contribution is -0.122. The average Bonchev–Trinajstić information content (AvgIpc) is 3.20. The molecule has 1 fully saturated rings. The van der Waals surface area contributed by atoms with Gasteiger partial charge in [-0.3, -0.25) is 14.4 Å². The van der Waals surface area contributed by atoms with Gasteiger partial charge in [0.15, 0.2) is 0 Å². The second-order valence-electron chi connectivity index (χ2n) is 8.08. The van der Waals surface area contributed by atoms with E-state index in [9.17, 15) is 19.2 Å². The van der Waals surface area contributed by atoms with Crippen LogP contribution in [0.2, 0.25) is 5.02 Å². The lowest BCUT2D eigenvalue weighted by Crippen LogP contribution is -2.45. The number of imide groups is 1. The Kier molecular flexibility index (Phi) is 7.36. The summed E-state index contributed by atoms with van der Waals surface area (Å²) >= 11 is 6.35. The third kappa shape index (κ3) is 4.94. The number of amides is 3. The summed E-state index contributed by atoms with van der Waals surface area (Å²) in [5.41, 5.74) is 1.56. The van der Waals surface area contributed by atoms with Crippen molar-refractivity contribution < 1.29 is 28.7 Å². The third-order valence-corrected chi connectivity index (χ3v) is 6.31. The predicted octanol–water partition coefficient (Wildman–Crippen LogP) is 4.11. The number of rotatable bonds is 7. The molecule has 8 nitrogen and oxygen atoms in total. The molecule has 3 aromatic carbocycles. The predicted molar refractivity (Wildman–Crippen MR) is 133 cm³/mol. The Bertz CT molecular complexity index is 1310. The molecule has 184 valence electrons. The molecule has 3 amide bonds. The molecule has 0 aliphatic carbocycles. The second-order valence-corrected chi connectivity index (χ2v) is 8.49. The summed E-state index contributed by atoms with van der Waals surface area (Å²) in [6, 6.07) is 18.4. The first-order valence-corrected chi connectivity index (χ1v) is 11.5. The minimum Gasteiger partial charge on any atom is -0.497 e. The van der Waals surface area contributed by atoms with Gasteiger partial charge < -0.3 is 14.4 Å². The van der Waals surface area contributed by atoms with Crippen LogP contribution in [0.15, 0.2) is 72.8 Å². The zero-order chi connectivity index (χ0) is 25.8. The molecule has 0 bridgehead atoms. The summed E-state index contributed by atoms with van der Waals surface area (Å²) in [5.74, 6) is -1.37. The monoisotopic (exact) mass is 506 g/mol. The normalized spacial score (nSPS) is 15.1. The summed E-state index contributed by atoms with van der Waals surface area (Å²) in [6.07, 6.45) is -0.191. The Morgan fingerprint density at radius 2 is 1.58 bits per heavy atom. The van der Waals surface area contributed by atoms with Crippen LogP contribution in [-0.4, -0.2) is 48.9 Å². The standard InChI is InChI=1S/C27H23ClN2O6/c1-35-21-13-9-17(10-14-21)25(32)29(16-19-5-3-4-6-22(19)28)23-15-24(31)30(26(23)33)20-11-7-18(8-12-20)27(34)36-2/h3-14,23H,15-16H2,1-2H3. The Morgan fingerprint density at radius 1 is 0.944 bits per heavy atom. The van der Waals surface area contributed by atoms with Gasteiger partial charge in [0.2, 0.25) is 5.91 Å². The number of carbonyl (C=O) groups is 4. The number of nitrogens with zero attached hydrogens (tertiary/aromatic N) is 2. The number of carbonyl (C=O) groups excluding carboxylic acids is 4. The van der Waals surface area contributed by atoms with Crippen LogP contribution < -0.4 is 9.64 Å². The number of hydrogen-bond acceptors (Lipinski definition) is 6. The van der Waals surface area contributed by atoms with E-state index in [4.69, 9.17) is 21.1 Å². The number of esters is 1. The average molecular weight is 507 g/mol. The van der Waals surface area contributed by atoms with Crippen LogP contribution in [0.4, 0.5) is 5.69 Å². The fraction of sp³-hybridized carbons (Fsp3) is 0.185. The first-order chi connectivity index (χ1) is 17.3. The molecule has 9 heteroatoms. The second kappa shape index (κ2) is 10.6. The summed E-state index contributed by atoms with van der Waals surface area (Å²) in [7, 11) is 2.79. The van der Waals surface area contributed by atoms with Gasteiger partial charge >= 0.3 is 5.97 Å². The maximum Gasteiger partial charge on any atom is 0.337 e. The molecule has 1 aliphatic heterocycles. The summed E-state index contributed by atoms with van der Waals surface area (Å²) in [4.78, 5) is 54.2. The van der Waals surface area contributed by atoms with E-state index in [-0.39, 0.29) is 18.5 Å². The van der Waals surface area contributed by atoms with Crippen LogP contribution >= 0.6 is 11.6 Å². The fourth-order valence-electron chi connectivity index (χ4n) is 4.03. The van der Waals surface area contributed by atoms with Gasteiger partial charge in [0.05, 0.1) is 31.9 Å². The van der Waals surface area contributed by atoms with E-state index in [0.717, 1.165) is 4.90 Å². The molecule has 0 spiro atoms. The Morgan fingerprint density at radius 3 is 2.19 bits per heavy atom. The smallest absolute Gasteiger partial charge is 0.337 e.